The quantitative estimate of drug-likeness (QED) is 0.757. The average Bonchev–Trinajstić information content (AvgIpc) is 3.14. The molecule has 0 saturated heterocycles. The molecule has 5 nitrogen and oxygen atoms in total. The first-order valence-electron chi connectivity index (χ1n) is 8.34. The molecule has 3 heterocycles. The van der Waals surface area contributed by atoms with Crippen LogP contribution < -0.4 is 16.0 Å². The van der Waals surface area contributed by atoms with Crippen LogP contribution in [0.5, 0.6) is 5.75 Å². The molecule has 2 aromatic heterocycles. The zero-order valence-corrected chi connectivity index (χ0v) is 15.3. The van der Waals surface area contributed by atoms with Gasteiger partial charge in [-0.25, -0.2) is 0 Å². The first kappa shape index (κ1) is 16.4. The normalized spacial score (nSPS) is 16.3. The van der Waals surface area contributed by atoms with E-state index in [0.717, 1.165) is 22.2 Å². The Kier molecular flexibility index (Phi) is 3.82. The Labute approximate surface area is 154 Å². The average molecular weight is 363 g/mol. The number of aryl methyl sites for hydroxylation is 2. The second kappa shape index (κ2) is 6.04. The van der Waals surface area contributed by atoms with Crippen LogP contribution in [-0.2, 0) is 13.5 Å². The largest absolute Gasteiger partial charge is 0.439 e. The van der Waals surface area contributed by atoms with Gasteiger partial charge < -0.3 is 15.0 Å². The van der Waals surface area contributed by atoms with Crippen molar-refractivity contribution in [1.82, 2.24) is 4.57 Å². The molecule has 0 aliphatic carbocycles. The Hall–Kier alpha value is -3.04. The van der Waals surface area contributed by atoms with Gasteiger partial charge in [0.05, 0.1) is 17.0 Å². The summed E-state index contributed by atoms with van der Waals surface area (Å²) in [5.74, 6) is 0.0175. The lowest BCUT2D eigenvalue weighted by Gasteiger charge is -2.26. The molecule has 0 fully saturated rings. The summed E-state index contributed by atoms with van der Waals surface area (Å²) < 4.78 is 7.40. The van der Waals surface area contributed by atoms with Crippen LogP contribution in [0.25, 0.3) is 10.9 Å². The van der Waals surface area contributed by atoms with Crippen molar-refractivity contribution in [3.8, 4) is 11.8 Å². The first-order valence-corrected chi connectivity index (χ1v) is 9.16. The van der Waals surface area contributed by atoms with Gasteiger partial charge in [-0.15, -0.1) is 11.3 Å². The highest BCUT2D eigenvalue weighted by Crippen LogP contribution is 2.45. The number of hydrogen-bond acceptors (Lipinski definition) is 5. The van der Waals surface area contributed by atoms with E-state index >= 15 is 0 Å². The number of pyridine rings is 1. The molecule has 26 heavy (non-hydrogen) atoms. The highest BCUT2D eigenvalue weighted by molar-refractivity contribution is 7.12. The summed E-state index contributed by atoms with van der Waals surface area (Å²) in [6, 6.07) is 13.7. The molecule has 1 aliphatic rings. The molecular formula is C20H17N3O2S. The van der Waals surface area contributed by atoms with Gasteiger partial charge in [0.2, 0.25) is 5.88 Å². The molecule has 0 amide bonds. The minimum atomic E-state index is -0.502. The van der Waals surface area contributed by atoms with E-state index < -0.39 is 5.92 Å². The monoisotopic (exact) mass is 363 g/mol. The number of thiophene rings is 1. The van der Waals surface area contributed by atoms with Gasteiger partial charge in [-0.05, 0) is 30.7 Å². The van der Waals surface area contributed by atoms with Gasteiger partial charge in [0.1, 0.15) is 17.4 Å². The van der Waals surface area contributed by atoms with E-state index in [1.165, 1.54) is 4.88 Å². The van der Waals surface area contributed by atoms with Crippen molar-refractivity contribution in [2.75, 3.05) is 0 Å². The number of benzene rings is 1. The van der Waals surface area contributed by atoms with E-state index in [-0.39, 0.29) is 17.0 Å². The Bertz CT molecular complexity index is 1160. The Morgan fingerprint density at radius 2 is 2.08 bits per heavy atom. The number of rotatable bonds is 2. The van der Waals surface area contributed by atoms with Gasteiger partial charge in [0, 0.05) is 22.2 Å². The number of nitriles is 1. The fraction of sp³-hybridized carbons (Fsp3) is 0.200. The van der Waals surface area contributed by atoms with Crippen LogP contribution in [0, 0.1) is 11.3 Å². The van der Waals surface area contributed by atoms with Gasteiger partial charge in [0.15, 0.2) is 0 Å². The minimum Gasteiger partial charge on any atom is -0.439 e. The lowest BCUT2D eigenvalue weighted by atomic mass is 9.87. The number of fused-ring (bicyclic) bond motifs is 3. The summed E-state index contributed by atoms with van der Waals surface area (Å²) in [6.07, 6.45) is 0.900. The number of ether oxygens (including phenoxy) is 1. The van der Waals surface area contributed by atoms with Crippen molar-refractivity contribution in [2.45, 2.75) is 19.3 Å². The molecule has 0 bridgehead atoms. The summed E-state index contributed by atoms with van der Waals surface area (Å²) in [5, 5.41) is 10.5. The molecule has 1 aromatic carbocycles. The predicted molar refractivity (Wildman–Crippen MR) is 102 cm³/mol. The zero-order chi connectivity index (χ0) is 18.4. The van der Waals surface area contributed by atoms with Crippen LogP contribution in [0.4, 0.5) is 0 Å². The van der Waals surface area contributed by atoms with Crippen LogP contribution in [0.1, 0.15) is 28.2 Å². The molecule has 4 rings (SSSR count). The molecule has 1 aliphatic heterocycles. The number of allylic oxidation sites excluding steroid dienone is 1. The van der Waals surface area contributed by atoms with E-state index in [9.17, 15) is 10.1 Å². The number of aromatic nitrogens is 1. The third kappa shape index (κ3) is 2.25. The van der Waals surface area contributed by atoms with Crippen molar-refractivity contribution < 1.29 is 4.74 Å². The second-order valence-electron chi connectivity index (χ2n) is 6.21. The van der Waals surface area contributed by atoms with Gasteiger partial charge in [0.25, 0.3) is 5.56 Å². The van der Waals surface area contributed by atoms with Crippen molar-refractivity contribution in [3.63, 3.8) is 0 Å². The summed E-state index contributed by atoms with van der Waals surface area (Å²) in [6.45, 7) is 2.08. The van der Waals surface area contributed by atoms with Crippen molar-refractivity contribution in [3.05, 3.63) is 73.5 Å². The Morgan fingerprint density at radius 3 is 2.77 bits per heavy atom. The number of nitrogens with two attached hydrogens (primary N) is 1. The Morgan fingerprint density at radius 1 is 1.31 bits per heavy atom. The minimum absolute atomic E-state index is 0.0647. The second-order valence-corrected chi connectivity index (χ2v) is 7.41. The van der Waals surface area contributed by atoms with Gasteiger partial charge in [-0.1, -0.05) is 19.1 Å². The highest BCUT2D eigenvalue weighted by atomic mass is 32.1. The lowest BCUT2D eigenvalue weighted by Crippen LogP contribution is -2.30. The Balaban J connectivity index is 2.10. The molecule has 1 atom stereocenters. The maximum absolute atomic E-state index is 13.2. The van der Waals surface area contributed by atoms with Crippen molar-refractivity contribution in [2.24, 2.45) is 12.8 Å². The fourth-order valence-electron chi connectivity index (χ4n) is 3.45. The highest BCUT2D eigenvalue weighted by Gasteiger charge is 2.35. The van der Waals surface area contributed by atoms with E-state index in [4.69, 9.17) is 10.5 Å². The van der Waals surface area contributed by atoms with E-state index in [1.54, 1.807) is 23.0 Å². The number of nitrogens with zero attached hydrogens (tertiary/aromatic N) is 2. The third-order valence-corrected chi connectivity index (χ3v) is 6.07. The lowest BCUT2D eigenvalue weighted by molar-refractivity contribution is 0.396. The molecule has 1 unspecified atom stereocenters. The summed E-state index contributed by atoms with van der Waals surface area (Å²) >= 11 is 1.60. The summed E-state index contributed by atoms with van der Waals surface area (Å²) in [4.78, 5) is 15.3. The summed E-state index contributed by atoms with van der Waals surface area (Å²) in [5.41, 5.74) is 7.44. The van der Waals surface area contributed by atoms with Crippen molar-refractivity contribution in [1.29, 1.82) is 5.26 Å². The number of para-hydroxylation sites is 1. The van der Waals surface area contributed by atoms with Gasteiger partial charge in [-0.3, -0.25) is 4.79 Å². The zero-order valence-electron chi connectivity index (χ0n) is 14.4. The van der Waals surface area contributed by atoms with E-state index in [1.807, 2.05) is 36.4 Å². The van der Waals surface area contributed by atoms with Gasteiger partial charge in [-0.2, -0.15) is 5.26 Å². The molecule has 3 aromatic rings. The fourth-order valence-corrected chi connectivity index (χ4v) is 4.52. The van der Waals surface area contributed by atoms with E-state index in [2.05, 4.69) is 13.0 Å². The van der Waals surface area contributed by atoms with Crippen LogP contribution in [0.15, 0.2) is 52.6 Å². The van der Waals surface area contributed by atoms with Crippen LogP contribution >= 0.6 is 11.3 Å². The molecule has 0 saturated carbocycles. The predicted octanol–water partition coefficient (Wildman–Crippen LogP) is 3.38. The van der Waals surface area contributed by atoms with Crippen LogP contribution in [0.3, 0.4) is 0 Å². The standard InChI is InChI=1S/C20H17N3O2S/c1-3-11-8-9-15(26-11)16-13(10-21)19(22)25-18-12-6-4-5-7-14(12)23(2)20(24)17(16)18/h4-9,16H,3,22H2,1-2H3. The molecule has 6 heteroatoms. The number of hydrogen-bond donors (Lipinski definition) is 1. The topological polar surface area (TPSA) is 81.0 Å². The molecule has 0 spiro atoms. The maximum atomic E-state index is 13.2. The SMILES string of the molecule is CCc1ccc(C2C(C#N)=C(N)Oc3c2c(=O)n(C)c2ccccc32)s1. The molecule has 0 radical (unpaired) electrons. The molecular weight excluding hydrogens is 346 g/mol. The molecule has 2 N–H and O–H groups in total. The summed E-state index contributed by atoms with van der Waals surface area (Å²) in [7, 11) is 1.74. The van der Waals surface area contributed by atoms with Crippen LogP contribution in [0.2, 0.25) is 0 Å². The maximum Gasteiger partial charge on any atom is 0.258 e. The first-order chi connectivity index (χ1) is 12.6. The van der Waals surface area contributed by atoms with E-state index in [0.29, 0.717) is 11.3 Å². The van der Waals surface area contributed by atoms with Crippen LogP contribution in [-0.4, -0.2) is 4.57 Å². The molecule has 130 valence electrons. The van der Waals surface area contributed by atoms with Gasteiger partial charge >= 0.3 is 0 Å². The smallest absolute Gasteiger partial charge is 0.258 e. The third-order valence-electron chi connectivity index (χ3n) is 4.78. The van der Waals surface area contributed by atoms with Crippen molar-refractivity contribution >= 4 is 22.2 Å².